The van der Waals surface area contributed by atoms with Crippen molar-refractivity contribution < 1.29 is 8.42 Å². The van der Waals surface area contributed by atoms with E-state index in [0.717, 1.165) is 12.8 Å². The summed E-state index contributed by atoms with van der Waals surface area (Å²) in [6, 6.07) is 0. The van der Waals surface area contributed by atoms with Crippen LogP contribution < -0.4 is 4.72 Å². The molecule has 0 atom stereocenters. The second-order valence-electron chi connectivity index (χ2n) is 3.38. The van der Waals surface area contributed by atoms with Gasteiger partial charge in [-0.25, -0.2) is 13.1 Å². The summed E-state index contributed by atoms with van der Waals surface area (Å²) >= 11 is 5.54. The summed E-state index contributed by atoms with van der Waals surface area (Å²) in [7, 11) is -3.39. The fourth-order valence-electron chi connectivity index (χ4n) is 1.15. The Bertz CT molecular complexity index is 416. The van der Waals surface area contributed by atoms with Gasteiger partial charge in [-0.2, -0.15) is 5.10 Å². The normalized spacial score (nSPS) is 11.9. The Kier molecular flexibility index (Phi) is 5.24. The molecule has 5 nitrogen and oxygen atoms in total. The molecule has 7 heteroatoms. The smallest absolute Gasteiger partial charge is 0.243 e. The molecular weight excluding hydrogens is 250 g/mol. The molecule has 0 amide bonds. The van der Waals surface area contributed by atoms with Gasteiger partial charge < -0.3 is 0 Å². The van der Waals surface area contributed by atoms with Gasteiger partial charge in [-0.05, 0) is 12.8 Å². The van der Waals surface area contributed by atoms with Crippen LogP contribution in [-0.2, 0) is 16.6 Å². The van der Waals surface area contributed by atoms with E-state index in [9.17, 15) is 8.42 Å². The molecule has 92 valence electrons. The molecule has 0 aliphatic heterocycles. The standard InChI is InChI=1S/C9H16ClN3O2S/c1-2-5-12-16(14,15)9-7-11-13(8-9)6-3-4-10/h7-8,12H,2-6H2,1H3. The molecule has 0 spiro atoms. The summed E-state index contributed by atoms with van der Waals surface area (Å²) in [5, 5.41) is 3.97. The lowest BCUT2D eigenvalue weighted by molar-refractivity contribution is 0.579. The lowest BCUT2D eigenvalue weighted by Crippen LogP contribution is -2.24. The van der Waals surface area contributed by atoms with Gasteiger partial charge in [0.05, 0.1) is 6.20 Å². The van der Waals surface area contributed by atoms with Gasteiger partial charge in [0.15, 0.2) is 0 Å². The van der Waals surface area contributed by atoms with Crippen molar-refractivity contribution in [2.75, 3.05) is 12.4 Å². The van der Waals surface area contributed by atoms with E-state index in [1.807, 2.05) is 6.92 Å². The average molecular weight is 266 g/mol. The topological polar surface area (TPSA) is 64.0 Å². The maximum atomic E-state index is 11.7. The van der Waals surface area contributed by atoms with Crippen LogP contribution in [0.5, 0.6) is 0 Å². The number of aryl methyl sites for hydroxylation is 1. The minimum absolute atomic E-state index is 0.204. The first-order valence-corrected chi connectivity index (χ1v) is 7.20. The van der Waals surface area contributed by atoms with Gasteiger partial charge in [0.1, 0.15) is 4.90 Å². The Morgan fingerprint density at radius 2 is 2.31 bits per heavy atom. The quantitative estimate of drug-likeness (QED) is 0.754. The second-order valence-corrected chi connectivity index (χ2v) is 5.52. The molecule has 1 heterocycles. The summed E-state index contributed by atoms with van der Waals surface area (Å²) in [6.07, 6.45) is 4.40. The van der Waals surface area contributed by atoms with E-state index in [1.54, 1.807) is 4.68 Å². The molecule has 0 saturated carbocycles. The van der Waals surface area contributed by atoms with Gasteiger partial charge in [0, 0.05) is 25.2 Å². The number of hydrogen-bond acceptors (Lipinski definition) is 3. The van der Waals surface area contributed by atoms with Crippen LogP contribution in [-0.4, -0.2) is 30.6 Å². The predicted octanol–water partition coefficient (Wildman–Crippen LogP) is 1.20. The van der Waals surface area contributed by atoms with Crippen molar-refractivity contribution in [3.05, 3.63) is 12.4 Å². The van der Waals surface area contributed by atoms with E-state index in [4.69, 9.17) is 11.6 Å². The van der Waals surface area contributed by atoms with Crippen LogP contribution in [0.3, 0.4) is 0 Å². The Morgan fingerprint density at radius 1 is 1.56 bits per heavy atom. The van der Waals surface area contributed by atoms with Crippen LogP contribution in [0, 0.1) is 0 Å². The minimum Gasteiger partial charge on any atom is -0.271 e. The molecule has 1 aromatic rings. The average Bonchev–Trinajstić information content (AvgIpc) is 2.73. The summed E-state index contributed by atoms with van der Waals surface area (Å²) < 4.78 is 27.4. The van der Waals surface area contributed by atoms with Crippen molar-refractivity contribution in [1.29, 1.82) is 0 Å². The third kappa shape index (κ3) is 3.77. The molecule has 0 saturated heterocycles. The van der Waals surface area contributed by atoms with Crippen LogP contribution in [0.2, 0.25) is 0 Å². The van der Waals surface area contributed by atoms with Crippen LogP contribution in [0.4, 0.5) is 0 Å². The van der Waals surface area contributed by atoms with Crippen LogP contribution >= 0.6 is 11.6 Å². The molecule has 0 aliphatic rings. The third-order valence-electron chi connectivity index (χ3n) is 1.98. The Hall–Kier alpha value is -0.590. The number of sulfonamides is 1. The van der Waals surface area contributed by atoms with E-state index in [-0.39, 0.29) is 4.90 Å². The summed E-state index contributed by atoms with van der Waals surface area (Å²) in [5.74, 6) is 0.538. The Balaban J connectivity index is 2.69. The number of alkyl halides is 1. The van der Waals surface area contributed by atoms with Crippen molar-refractivity contribution in [2.24, 2.45) is 0 Å². The monoisotopic (exact) mass is 265 g/mol. The van der Waals surface area contributed by atoms with Gasteiger partial charge in [0.2, 0.25) is 10.0 Å². The molecule has 0 unspecified atom stereocenters. The van der Waals surface area contributed by atoms with Gasteiger partial charge in [-0.1, -0.05) is 6.92 Å². The van der Waals surface area contributed by atoms with E-state index < -0.39 is 10.0 Å². The molecule has 16 heavy (non-hydrogen) atoms. The predicted molar refractivity (Wildman–Crippen MR) is 63.0 cm³/mol. The third-order valence-corrected chi connectivity index (χ3v) is 3.67. The van der Waals surface area contributed by atoms with Crippen molar-refractivity contribution in [3.8, 4) is 0 Å². The second kappa shape index (κ2) is 6.22. The molecule has 0 aromatic carbocycles. The van der Waals surface area contributed by atoms with Crippen LogP contribution in [0.1, 0.15) is 19.8 Å². The van der Waals surface area contributed by atoms with E-state index in [0.29, 0.717) is 19.0 Å². The van der Waals surface area contributed by atoms with Gasteiger partial charge in [-0.15, -0.1) is 11.6 Å². The SMILES string of the molecule is CCCNS(=O)(=O)c1cnn(CCCCl)c1. The van der Waals surface area contributed by atoms with Crippen LogP contribution in [0.25, 0.3) is 0 Å². The molecule has 0 aliphatic carbocycles. The van der Waals surface area contributed by atoms with Crippen molar-refractivity contribution in [2.45, 2.75) is 31.2 Å². The fraction of sp³-hybridized carbons (Fsp3) is 0.667. The number of nitrogens with one attached hydrogen (secondary N) is 1. The van der Waals surface area contributed by atoms with E-state index in [2.05, 4.69) is 9.82 Å². The highest BCUT2D eigenvalue weighted by molar-refractivity contribution is 7.89. The lowest BCUT2D eigenvalue weighted by Gasteiger charge is -2.01. The highest BCUT2D eigenvalue weighted by atomic mass is 35.5. The van der Waals surface area contributed by atoms with Crippen molar-refractivity contribution >= 4 is 21.6 Å². The first-order valence-electron chi connectivity index (χ1n) is 5.18. The van der Waals surface area contributed by atoms with Crippen molar-refractivity contribution in [1.82, 2.24) is 14.5 Å². The van der Waals surface area contributed by atoms with Gasteiger partial charge in [-0.3, -0.25) is 4.68 Å². The summed E-state index contributed by atoms with van der Waals surface area (Å²) in [4.78, 5) is 0.204. The maximum absolute atomic E-state index is 11.7. The molecule has 0 fully saturated rings. The van der Waals surface area contributed by atoms with E-state index in [1.165, 1.54) is 12.4 Å². The zero-order valence-corrected chi connectivity index (χ0v) is 10.8. The fourth-order valence-corrected chi connectivity index (χ4v) is 2.35. The number of halogens is 1. The Labute approximate surface area is 101 Å². The molecular formula is C9H16ClN3O2S. The lowest BCUT2D eigenvalue weighted by atomic mass is 10.5. The van der Waals surface area contributed by atoms with Crippen molar-refractivity contribution in [3.63, 3.8) is 0 Å². The number of nitrogens with zero attached hydrogens (tertiary/aromatic N) is 2. The Morgan fingerprint density at radius 3 is 2.94 bits per heavy atom. The number of rotatable bonds is 7. The summed E-state index contributed by atoms with van der Waals surface area (Å²) in [5.41, 5.74) is 0. The zero-order chi connectivity index (χ0) is 12.0. The first kappa shape index (κ1) is 13.5. The zero-order valence-electron chi connectivity index (χ0n) is 9.19. The first-order chi connectivity index (χ1) is 7.60. The van der Waals surface area contributed by atoms with Gasteiger partial charge >= 0.3 is 0 Å². The van der Waals surface area contributed by atoms with Crippen LogP contribution in [0.15, 0.2) is 17.3 Å². The van der Waals surface area contributed by atoms with Gasteiger partial charge in [0.25, 0.3) is 0 Å². The number of aromatic nitrogens is 2. The molecule has 0 radical (unpaired) electrons. The summed E-state index contributed by atoms with van der Waals surface area (Å²) in [6.45, 7) is 2.98. The minimum atomic E-state index is -3.39. The molecule has 1 rings (SSSR count). The van der Waals surface area contributed by atoms with E-state index >= 15 is 0 Å². The molecule has 0 bridgehead atoms. The maximum Gasteiger partial charge on any atom is 0.243 e. The highest BCUT2D eigenvalue weighted by Crippen LogP contribution is 2.07. The largest absolute Gasteiger partial charge is 0.271 e. The highest BCUT2D eigenvalue weighted by Gasteiger charge is 2.15. The number of hydrogen-bond donors (Lipinski definition) is 1. The molecule has 1 aromatic heterocycles. The molecule has 1 N–H and O–H groups in total.